The van der Waals surface area contributed by atoms with Crippen LogP contribution in [0, 0.1) is 5.92 Å². The number of rotatable bonds is 6. The molecule has 0 spiro atoms. The molecule has 1 unspecified atom stereocenters. The van der Waals surface area contributed by atoms with E-state index in [-0.39, 0.29) is 17.2 Å². The van der Waals surface area contributed by atoms with Gasteiger partial charge in [0, 0.05) is 17.8 Å². The van der Waals surface area contributed by atoms with Crippen molar-refractivity contribution in [2.24, 2.45) is 5.92 Å². The third-order valence-electron chi connectivity index (χ3n) is 6.34. The Labute approximate surface area is 196 Å². The van der Waals surface area contributed by atoms with Gasteiger partial charge in [-0.25, -0.2) is 0 Å². The zero-order chi connectivity index (χ0) is 23.4. The van der Waals surface area contributed by atoms with Crippen molar-refractivity contribution >= 4 is 11.6 Å². The van der Waals surface area contributed by atoms with E-state index in [4.69, 9.17) is 4.52 Å². The van der Waals surface area contributed by atoms with Crippen LogP contribution in [0.15, 0.2) is 53.1 Å². The van der Waals surface area contributed by atoms with E-state index in [0.29, 0.717) is 24.8 Å². The van der Waals surface area contributed by atoms with Crippen LogP contribution in [0.2, 0.25) is 0 Å². The molecule has 2 aromatic carbocycles. The average Bonchev–Trinajstić information content (AvgIpc) is 3.28. The molecule has 4 rings (SSSR count). The lowest BCUT2D eigenvalue weighted by Crippen LogP contribution is -2.40. The summed E-state index contributed by atoms with van der Waals surface area (Å²) in [6, 6.07) is 16.4. The molecule has 0 radical (unpaired) electrons. The summed E-state index contributed by atoms with van der Waals surface area (Å²) in [5, 5.41) is 7.25. The number of likely N-dealkylation sites (tertiary alicyclic amines) is 1. The van der Waals surface area contributed by atoms with E-state index in [2.05, 4.69) is 72.3 Å². The number of carbonyl (C=O) groups excluding carboxylic acids is 1. The summed E-state index contributed by atoms with van der Waals surface area (Å²) in [6.45, 7) is 10.9. The van der Waals surface area contributed by atoms with Crippen molar-refractivity contribution in [3.63, 3.8) is 0 Å². The first-order valence-corrected chi connectivity index (χ1v) is 11.9. The Morgan fingerprint density at radius 1 is 1.12 bits per heavy atom. The van der Waals surface area contributed by atoms with Crippen LogP contribution >= 0.6 is 0 Å². The molecular weight excluding hydrogens is 412 g/mol. The van der Waals surface area contributed by atoms with Crippen molar-refractivity contribution in [2.45, 2.75) is 58.9 Å². The van der Waals surface area contributed by atoms with Gasteiger partial charge in [0.2, 0.25) is 17.6 Å². The molecule has 2 heterocycles. The fourth-order valence-corrected chi connectivity index (χ4v) is 4.23. The van der Waals surface area contributed by atoms with Gasteiger partial charge in [-0.05, 0) is 54.5 Å². The fraction of sp³-hybridized carbons (Fsp3) is 0.444. The third kappa shape index (κ3) is 5.88. The molecule has 1 amide bonds. The highest BCUT2D eigenvalue weighted by atomic mass is 16.5. The van der Waals surface area contributed by atoms with Gasteiger partial charge in [0.05, 0.1) is 12.5 Å². The van der Waals surface area contributed by atoms with Gasteiger partial charge in [0.15, 0.2) is 0 Å². The van der Waals surface area contributed by atoms with Gasteiger partial charge in [-0.3, -0.25) is 9.69 Å². The van der Waals surface area contributed by atoms with E-state index in [0.717, 1.165) is 37.1 Å². The summed E-state index contributed by atoms with van der Waals surface area (Å²) in [4.78, 5) is 19.6. The van der Waals surface area contributed by atoms with Gasteiger partial charge in [-0.1, -0.05) is 69.2 Å². The number of anilines is 1. The zero-order valence-electron chi connectivity index (χ0n) is 20.1. The average molecular weight is 447 g/mol. The van der Waals surface area contributed by atoms with Crippen molar-refractivity contribution in [3.05, 3.63) is 65.5 Å². The number of benzene rings is 2. The van der Waals surface area contributed by atoms with Gasteiger partial charge in [-0.2, -0.15) is 4.98 Å². The number of nitrogens with zero attached hydrogens (tertiary/aromatic N) is 3. The van der Waals surface area contributed by atoms with Gasteiger partial charge in [0.25, 0.3) is 0 Å². The summed E-state index contributed by atoms with van der Waals surface area (Å²) in [6.07, 6.45) is 2.86. The largest absolute Gasteiger partial charge is 0.338 e. The van der Waals surface area contributed by atoms with Gasteiger partial charge < -0.3 is 9.84 Å². The number of nitrogens with one attached hydrogen (secondary N) is 1. The van der Waals surface area contributed by atoms with Crippen LogP contribution in [-0.4, -0.2) is 34.0 Å². The van der Waals surface area contributed by atoms with Gasteiger partial charge in [-0.15, -0.1) is 0 Å². The quantitative estimate of drug-likeness (QED) is 0.545. The van der Waals surface area contributed by atoms with E-state index < -0.39 is 0 Å². The molecule has 1 aliphatic rings. The molecule has 3 aromatic rings. The monoisotopic (exact) mass is 446 g/mol. The van der Waals surface area contributed by atoms with Crippen molar-refractivity contribution in [2.75, 3.05) is 18.4 Å². The van der Waals surface area contributed by atoms with Gasteiger partial charge in [0.1, 0.15) is 0 Å². The third-order valence-corrected chi connectivity index (χ3v) is 6.34. The van der Waals surface area contributed by atoms with Crippen LogP contribution in [0.5, 0.6) is 0 Å². The molecule has 174 valence electrons. The number of amides is 1. The number of hydrogen-bond acceptors (Lipinski definition) is 5. The van der Waals surface area contributed by atoms with E-state index in [1.807, 2.05) is 24.3 Å². The molecule has 1 N–H and O–H groups in total. The van der Waals surface area contributed by atoms with Crippen molar-refractivity contribution in [1.82, 2.24) is 15.0 Å². The SMILES string of the molecule is CCc1ccc(NC(=O)C2CCCN(Cc3nc(-c4ccc(C(C)(C)C)cc4)no3)C2)cc1. The Morgan fingerprint density at radius 2 is 1.85 bits per heavy atom. The van der Waals surface area contributed by atoms with Crippen molar-refractivity contribution in [1.29, 1.82) is 0 Å². The highest BCUT2D eigenvalue weighted by Gasteiger charge is 2.27. The normalized spacial score (nSPS) is 17.2. The zero-order valence-corrected chi connectivity index (χ0v) is 20.1. The molecule has 33 heavy (non-hydrogen) atoms. The maximum atomic E-state index is 12.8. The van der Waals surface area contributed by atoms with Crippen LogP contribution in [0.1, 0.15) is 57.6 Å². The second-order valence-corrected chi connectivity index (χ2v) is 9.95. The number of aromatic nitrogens is 2. The molecule has 6 nitrogen and oxygen atoms in total. The lowest BCUT2D eigenvalue weighted by Gasteiger charge is -2.30. The van der Waals surface area contributed by atoms with E-state index >= 15 is 0 Å². The Morgan fingerprint density at radius 3 is 2.52 bits per heavy atom. The highest BCUT2D eigenvalue weighted by molar-refractivity contribution is 5.92. The number of aryl methyl sites for hydroxylation is 1. The Balaban J connectivity index is 1.34. The van der Waals surface area contributed by atoms with Crippen LogP contribution in [-0.2, 0) is 23.2 Å². The molecule has 1 saturated heterocycles. The molecule has 6 heteroatoms. The lowest BCUT2D eigenvalue weighted by atomic mass is 9.87. The minimum Gasteiger partial charge on any atom is -0.338 e. The first kappa shape index (κ1) is 23.2. The Hall–Kier alpha value is -2.99. The molecular formula is C27H34N4O2. The maximum Gasteiger partial charge on any atom is 0.241 e. The van der Waals surface area contributed by atoms with E-state index in [1.54, 1.807) is 0 Å². The molecule has 0 saturated carbocycles. The summed E-state index contributed by atoms with van der Waals surface area (Å²) in [7, 11) is 0. The number of piperidine rings is 1. The summed E-state index contributed by atoms with van der Waals surface area (Å²) >= 11 is 0. The summed E-state index contributed by atoms with van der Waals surface area (Å²) < 4.78 is 5.53. The topological polar surface area (TPSA) is 71.3 Å². The molecule has 0 bridgehead atoms. The Bertz CT molecular complexity index is 1060. The summed E-state index contributed by atoms with van der Waals surface area (Å²) in [5.74, 6) is 1.22. The van der Waals surface area contributed by atoms with Crippen molar-refractivity contribution < 1.29 is 9.32 Å². The van der Waals surface area contributed by atoms with Gasteiger partial charge >= 0.3 is 0 Å². The molecule has 0 aliphatic carbocycles. The standard InChI is InChI=1S/C27H34N4O2/c1-5-19-8-14-23(15-9-19)28-26(32)21-7-6-16-31(17-21)18-24-29-25(30-33-24)20-10-12-22(13-11-20)27(2,3)4/h8-15,21H,5-7,16-18H2,1-4H3,(H,28,32). The molecule has 1 fully saturated rings. The maximum absolute atomic E-state index is 12.8. The Kier molecular flexibility index (Phi) is 6.94. The number of carbonyl (C=O) groups is 1. The number of hydrogen-bond donors (Lipinski definition) is 1. The van der Waals surface area contributed by atoms with Crippen LogP contribution < -0.4 is 5.32 Å². The van der Waals surface area contributed by atoms with Crippen LogP contribution in [0.4, 0.5) is 5.69 Å². The van der Waals surface area contributed by atoms with Crippen molar-refractivity contribution in [3.8, 4) is 11.4 Å². The minimum atomic E-state index is -0.0445. The second kappa shape index (κ2) is 9.87. The predicted molar refractivity (Wildman–Crippen MR) is 131 cm³/mol. The molecule has 1 atom stereocenters. The minimum absolute atomic E-state index is 0.0445. The highest BCUT2D eigenvalue weighted by Crippen LogP contribution is 2.26. The van der Waals surface area contributed by atoms with E-state index in [1.165, 1.54) is 11.1 Å². The smallest absolute Gasteiger partial charge is 0.241 e. The first-order valence-electron chi connectivity index (χ1n) is 11.9. The van der Waals surface area contributed by atoms with Crippen LogP contribution in [0.3, 0.4) is 0 Å². The first-order chi connectivity index (χ1) is 15.8. The van der Waals surface area contributed by atoms with Crippen LogP contribution in [0.25, 0.3) is 11.4 Å². The molecule has 1 aliphatic heterocycles. The second-order valence-electron chi connectivity index (χ2n) is 9.95. The summed E-state index contributed by atoms with van der Waals surface area (Å²) in [5.41, 5.74) is 4.45. The fourth-order valence-electron chi connectivity index (χ4n) is 4.23. The lowest BCUT2D eigenvalue weighted by molar-refractivity contribution is -0.121. The molecule has 1 aromatic heterocycles. The predicted octanol–water partition coefficient (Wildman–Crippen LogP) is 5.45. The van der Waals surface area contributed by atoms with E-state index in [9.17, 15) is 4.79 Å².